The molecular weight excluding hydrogens is 234 g/mol. The second-order valence-corrected chi connectivity index (χ2v) is 6.07. The highest BCUT2D eigenvalue weighted by Crippen LogP contribution is 2.31. The van der Waals surface area contributed by atoms with E-state index in [0.717, 1.165) is 24.3 Å². The number of rotatable bonds is 7. The summed E-state index contributed by atoms with van der Waals surface area (Å²) >= 11 is 0. The predicted octanol–water partition coefficient (Wildman–Crippen LogP) is 3.38. The van der Waals surface area contributed by atoms with E-state index >= 15 is 0 Å². The van der Waals surface area contributed by atoms with Gasteiger partial charge in [-0.3, -0.25) is 0 Å². The van der Waals surface area contributed by atoms with E-state index < -0.39 is 0 Å². The van der Waals surface area contributed by atoms with Crippen LogP contribution in [0.25, 0.3) is 0 Å². The SMILES string of the molecule is CNC(C)c1ccc(N(CCC(C)C)C2CC2)nc1. The maximum atomic E-state index is 4.67. The molecule has 1 heterocycles. The monoisotopic (exact) mass is 261 g/mol. The molecule has 3 nitrogen and oxygen atoms in total. The minimum absolute atomic E-state index is 0.367. The third-order valence-electron chi connectivity index (χ3n) is 3.93. The van der Waals surface area contributed by atoms with Crippen LogP contribution in [0.4, 0.5) is 5.82 Å². The van der Waals surface area contributed by atoms with Crippen molar-refractivity contribution in [2.45, 2.75) is 52.1 Å². The lowest BCUT2D eigenvalue weighted by Crippen LogP contribution is -2.28. The molecule has 1 aliphatic rings. The number of anilines is 1. The van der Waals surface area contributed by atoms with Crippen molar-refractivity contribution in [3.63, 3.8) is 0 Å². The molecule has 2 rings (SSSR count). The Labute approximate surface area is 117 Å². The molecule has 0 radical (unpaired) electrons. The summed E-state index contributed by atoms with van der Waals surface area (Å²) in [6, 6.07) is 5.49. The third kappa shape index (κ3) is 3.93. The number of nitrogens with one attached hydrogen (secondary N) is 1. The first kappa shape index (κ1) is 14.3. The Balaban J connectivity index is 2.04. The normalized spacial score (nSPS) is 16.7. The number of hydrogen-bond donors (Lipinski definition) is 1. The summed E-state index contributed by atoms with van der Waals surface area (Å²) in [7, 11) is 1.98. The van der Waals surface area contributed by atoms with Crippen molar-refractivity contribution in [1.82, 2.24) is 10.3 Å². The summed E-state index contributed by atoms with van der Waals surface area (Å²) in [5.74, 6) is 1.90. The summed E-state index contributed by atoms with van der Waals surface area (Å²) in [5.41, 5.74) is 1.26. The average molecular weight is 261 g/mol. The quantitative estimate of drug-likeness (QED) is 0.815. The summed E-state index contributed by atoms with van der Waals surface area (Å²) in [6.45, 7) is 7.87. The van der Waals surface area contributed by atoms with Gasteiger partial charge in [-0.2, -0.15) is 0 Å². The fourth-order valence-electron chi connectivity index (χ4n) is 2.26. The Morgan fingerprint density at radius 2 is 2.05 bits per heavy atom. The van der Waals surface area contributed by atoms with Gasteiger partial charge in [-0.05, 0) is 50.8 Å². The van der Waals surface area contributed by atoms with Crippen LogP contribution in [0.5, 0.6) is 0 Å². The van der Waals surface area contributed by atoms with Gasteiger partial charge in [0, 0.05) is 24.8 Å². The van der Waals surface area contributed by atoms with Crippen molar-refractivity contribution >= 4 is 5.82 Å². The molecule has 0 amide bonds. The lowest BCUT2D eigenvalue weighted by molar-refractivity contribution is 0.568. The van der Waals surface area contributed by atoms with E-state index in [9.17, 15) is 0 Å². The summed E-state index contributed by atoms with van der Waals surface area (Å²) < 4.78 is 0. The standard InChI is InChI=1S/C16H27N3/c1-12(2)9-10-19(15-6-7-15)16-8-5-14(11-18-16)13(3)17-4/h5,8,11-13,15,17H,6-7,9-10H2,1-4H3. The molecule has 1 aromatic heterocycles. The molecule has 106 valence electrons. The van der Waals surface area contributed by atoms with Crippen molar-refractivity contribution in [1.29, 1.82) is 0 Å². The second kappa shape index (κ2) is 6.38. The molecule has 0 aromatic carbocycles. The van der Waals surface area contributed by atoms with E-state index in [1.807, 2.05) is 13.2 Å². The first-order valence-electron chi connectivity index (χ1n) is 7.51. The smallest absolute Gasteiger partial charge is 0.128 e. The van der Waals surface area contributed by atoms with E-state index in [0.29, 0.717) is 6.04 Å². The van der Waals surface area contributed by atoms with Gasteiger partial charge in [-0.25, -0.2) is 4.98 Å². The molecule has 1 saturated carbocycles. The molecule has 0 spiro atoms. The van der Waals surface area contributed by atoms with Crippen LogP contribution in [0.1, 0.15) is 51.6 Å². The van der Waals surface area contributed by atoms with Gasteiger partial charge in [0.2, 0.25) is 0 Å². The zero-order valence-corrected chi connectivity index (χ0v) is 12.7. The van der Waals surface area contributed by atoms with Crippen LogP contribution in [0.15, 0.2) is 18.3 Å². The van der Waals surface area contributed by atoms with Crippen molar-refractivity contribution in [3.8, 4) is 0 Å². The van der Waals surface area contributed by atoms with Gasteiger partial charge >= 0.3 is 0 Å². The Hall–Kier alpha value is -1.09. The Kier molecular flexibility index (Phi) is 4.81. The maximum Gasteiger partial charge on any atom is 0.128 e. The Morgan fingerprint density at radius 3 is 2.53 bits per heavy atom. The lowest BCUT2D eigenvalue weighted by Gasteiger charge is -2.25. The zero-order valence-electron chi connectivity index (χ0n) is 12.7. The molecule has 3 heteroatoms. The van der Waals surface area contributed by atoms with Gasteiger partial charge in [0.25, 0.3) is 0 Å². The highest BCUT2D eigenvalue weighted by atomic mass is 15.2. The van der Waals surface area contributed by atoms with Crippen molar-refractivity contribution in [2.75, 3.05) is 18.5 Å². The third-order valence-corrected chi connectivity index (χ3v) is 3.93. The Morgan fingerprint density at radius 1 is 1.32 bits per heavy atom. The molecule has 0 bridgehead atoms. The minimum atomic E-state index is 0.367. The molecule has 0 aliphatic heterocycles. The van der Waals surface area contributed by atoms with Crippen molar-refractivity contribution in [2.24, 2.45) is 5.92 Å². The van der Waals surface area contributed by atoms with E-state index in [1.165, 1.54) is 24.8 Å². The van der Waals surface area contributed by atoms with Gasteiger partial charge < -0.3 is 10.2 Å². The molecule has 1 aromatic rings. The average Bonchev–Trinajstić information content (AvgIpc) is 3.23. The zero-order chi connectivity index (χ0) is 13.8. The summed E-state index contributed by atoms with van der Waals surface area (Å²) in [4.78, 5) is 7.17. The van der Waals surface area contributed by atoms with E-state index in [1.54, 1.807) is 0 Å². The van der Waals surface area contributed by atoms with Crippen LogP contribution in [-0.2, 0) is 0 Å². The number of pyridine rings is 1. The first-order valence-corrected chi connectivity index (χ1v) is 7.51. The van der Waals surface area contributed by atoms with E-state index in [2.05, 4.69) is 48.1 Å². The first-order chi connectivity index (χ1) is 9.11. The molecule has 1 N–H and O–H groups in total. The maximum absolute atomic E-state index is 4.67. The highest BCUT2D eigenvalue weighted by Gasteiger charge is 2.29. The number of aromatic nitrogens is 1. The van der Waals surface area contributed by atoms with Gasteiger partial charge in [-0.1, -0.05) is 19.9 Å². The summed E-state index contributed by atoms with van der Waals surface area (Å²) in [6.07, 6.45) is 5.91. The van der Waals surface area contributed by atoms with Crippen LogP contribution >= 0.6 is 0 Å². The van der Waals surface area contributed by atoms with Gasteiger partial charge in [-0.15, -0.1) is 0 Å². The number of hydrogen-bond acceptors (Lipinski definition) is 3. The fraction of sp³-hybridized carbons (Fsp3) is 0.688. The van der Waals surface area contributed by atoms with E-state index in [4.69, 9.17) is 0 Å². The van der Waals surface area contributed by atoms with Crippen LogP contribution in [0.3, 0.4) is 0 Å². The molecule has 0 saturated heterocycles. The van der Waals surface area contributed by atoms with Crippen LogP contribution in [0, 0.1) is 5.92 Å². The van der Waals surface area contributed by atoms with Crippen molar-refractivity contribution < 1.29 is 0 Å². The molecule has 1 atom stereocenters. The Bertz CT molecular complexity index is 381. The van der Waals surface area contributed by atoms with Gasteiger partial charge in [0.1, 0.15) is 5.82 Å². The van der Waals surface area contributed by atoms with Crippen LogP contribution in [-0.4, -0.2) is 24.6 Å². The van der Waals surface area contributed by atoms with E-state index in [-0.39, 0.29) is 0 Å². The van der Waals surface area contributed by atoms with Crippen LogP contribution < -0.4 is 10.2 Å². The summed E-state index contributed by atoms with van der Waals surface area (Å²) in [5, 5.41) is 3.25. The topological polar surface area (TPSA) is 28.2 Å². The van der Waals surface area contributed by atoms with Crippen molar-refractivity contribution in [3.05, 3.63) is 23.9 Å². The molecular formula is C16H27N3. The largest absolute Gasteiger partial charge is 0.354 e. The predicted molar refractivity (Wildman–Crippen MR) is 81.5 cm³/mol. The molecule has 1 aliphatic carbocycles. The minimum Gasteiger partial charge on any atom is -0.354 e. The molecule has 19 heavy (non-hydrogen) atoms. The fourth-order valence-corrected chi connectivity index (χ4v) is 2.26. The van der Waals surface area contributed by atoms with Crippen LogP contribution in [0.2, 0.25) is 0 Å². The number of nitrogens with zero attached hydrogens (tertiary/aromatic N) is 2. The van der Waals surface area contributed by atoms with Gasteiger partial charge in [0.05, 0.1) is 0 Å². The highest BCUT2D eigenvalue weighted by molar-refractivity contribution is 5.42. The second-order valence-electron chi connectivity index (χ2n) is 6.07. The molecule has 1 fully saturated rings. The molecule has 1 unspecified atom stereocenters. The van der Waals surface area contributed by atoms with Gasteiger partial charge in [0.15, 0.2) is 0 Å². The lowest BCUT2D eigenvalue weighted by atomic mass is 10.1.